The van der Waals surface area contributed by atoms with Gasteiger partial charge in [0.15, 0.2) is 0 Å². The summed E-state index contributed by atoms with van der Waals surface area (Å²) in [6.45, 7) is 9.23. The number of carbonyl (C=O) groups excluding carboxylic acids is 1. The van der Waals surface area contributed by atoms with Crippen molar-refractivity contribution in [1.82, 2.24) is 14.6 Å². The van der Waals surface area contributed by atoms with Gasteiger partial charge < -0.3 is 15.2 Å². The summed E-state index contributed by atoms with van der Waals surface area (Å²) in [7, 11) is -3.70. The molecule has 1 saturated heterocycles. The molecule has 0 spiro atoms. The first kappa shape index (κ1) is 26.9. The molecule has 0 radical (unpaired) electrons. The van der Waals surface area contributed by atoms with Crippen LogP contribution in [0.2, 0.25) is 0 Å². The van der Waals surface area contributed by atoms with E-state index in [1.807, 2.05) is 6.07 Å². The van der Waals surface area contributed by atoms with Crippen LogP contribution in [0.4, 0.5) is 5.69 Å². The van der Waals surface area contributed by atoms with Gasteiger partial charge in [0.05, 0.1) is 10.5 Å². The number of hydrogen-bond acceptors (Lipinski definition) is 5. The molecule has 9 heteroatoms. The molecule has 0 aliphatic carbocycles. The zero-order valence-electron chi connectivity index (χ0n) is 21.8. The molecule has 1 aliphatic heterocycles. The van der Waals surface area contributed by atoms with Crippen molar-refractivity contribution in [2.24, 2.45) is 5.92 Å². The molecule has 8 nitrogen and oxygen atoms in total. The average Bonchev–Trinajstić information content (AvgIpc) is 2.87. The van der Waals surface area contributed by atoms with Crippen molar-refractivity contribution in [3.63, 3.8) is 0 Å². The molecule has 1 amide bonds. The summed E-state index contributed by atoms with van der Waals surface area (Å²) in [5, 5.41) is 3.32. The Morgan fingerprint density at radius 1 is 1.19 bits per heavy atom. The predicted molar refractivity (Wildman–Crippen MR) is 148 cm³/mol. The van der Waals surface area contributed by atoms with Crippen molar-refractivity contribution in [3.05, 3.63) is 70.0 Å². The number of nitrogens with one attached hydrogen (secondary N) is 2. The zero-order chi connectivity index (χ0) is 26.6. The van der Waals surface area contributed by atoms with Gasteiger partial charge >= 0.3 is 0 Å². The van der Waals surface area contributed by atoms with E-state index in [1.54, 1.807) is 6.07 Å². The minimum Gasteiger partial charge on any atom is -0.372 e. The Balaban J connectivity index is 1.50. The third-order valence-corrected chi connectivity index (χ3v) is 8.82. The molecule has 4 rings (SSSR count). The summed E-state index contributed by atoms with van der Waals surface area (Å²) >= 11 is 0. The lowest BCUT2D eigenvalue weighted by molar-refractivity contribution is 0.0955. The van der Waals surface area contributed by atoms with Crippen molar-refractivity contribution < 1.29 is 13.2 Å². The monoisotopic (exact) mass is 524 g/mol. The molecule has 0 saturated carbocycles. The standard InChI is InChI=1S/C28H36N4O4S/c1-4-31(22-10-5-8-20(2)16-22)14-7-13-29-28(34)25-18-27(33)30-26-12-11-23(17-24(25)26)37(35,36)32-15-6-9-21(3)19-32/h5,8,10-12,16-18,21H,4,6-7,9,13-15,19H2,1-3H3,(H,29,34)(H,30,33)/t21-/m1/s1. The van der Waals surface area contributed by atoms with Crippen molar-refractivity contribution in [1.29, 1.82) is 0 Å². The SMILES string of the molecule is CCN(CCCNC(=O)c1cc(=O)[nH]c2ccc(S(=O)(=O)N3CCC[C@@H](C)C3)cc12)c1cccc(C)c1. The molecule has 0 bridgehead atoms. The summed E-state index contributed by atoms with van der Waals surface area (Å²) in [5.41, 5.74) is 2.54. The molecule has 198 valence electrons. The molecular weight excluding hydrogens is 488 g/mol. The Morgan fingerprint density at radius 3 is 2.73 bits per heavy atom. The maximum atomic E-state index is 13.3. The fourth-order valence-electron chi connectivity index (χ4n) is 4.96. The second-order valence-electron chi connectivity index (χ2n) is 9.89. The number of sulfonamides is 1. The largest absolute Gasteiger partial charge is 0.372 e. The number of benzene rings is 2. The van der Waals surface area contributed by atoms with Crippen LogP contribution in [0.15, 0.2) is 58.2 Å². The lowest BCUT2D eigenvalue weighted by Crippen LogP contribution is -2.39. The van der Waals surface area contributed by atoms with Gasteiger partial charge in [-0.05, 0) is 74.9 Å². The van der Waals surface area contributed by atoms with E-state index in [0.717, 1.165) is 38.0 Å². The Hall–Kier alpha value is -3.17. The van der Waals surface area contributed by atoms with Crippen LogP contribution < -0.4 is 15.8 Å². The lowest BCUT2D eigenvalue weighted by Gasteiger charge is -2.30. The third-order valence-electron chi connectivity index (χ3n) is 6.96. The normalized spacial score (nSPS) is 16.6. The van der Waals surface area contributed by atoms with Crippen LogP contribution in [-0.2, 0) is 10.0 Å². The number of carbonyl (C=O) groups is 1. The van der Waals surface area contributed by atoms with E-state index >= 15 is 0 Å². The quantitative estimate of drug-likeness (QED) is 0.413. The summed E-state index contributed by atoms with van der Waals surface area (Å²) in [6.07, 6.45) is 2.56. The van der Waals surface area contributed by atoms with Crippen LogP contribution in [0.3, 0.4) is 0 Å². The van der Waals surface area contributed by atoms with Gasteiger partial charge in [0.2, 0.25) is 15.6 Å². The number of aromatic amines is 1. The van der Waals surface area contributed by atoms with Gasteiger partial charge in [0, 0.05) is 55.4 Å². The summed E-state index contributed by atoms with van der Waals surface area (Å²) in [6, 6.07) is 14.1. The van der Waals surface area contributed by atoms with Crippen molar-refractivity contribution >= 4 is 32.5 Å². The van der Waals surface area contributed by atoms with Crippen LogP contribution in [-0.4, -0.2) is 56.3 Å². The maximum absolute atomic E-state index is 13.3. The first-order chi connectivity index (χ1) is 17.7. The van der Waals surface area contributed by atoms with Gasteiger partial charge in [-0.2, -0.15) is 4.31 Å². The number of piperidine rings is 1. The van der Waals surface area contributed by atoms with Crippen LogP contribution >= 0.6 is 0 Å². The third kappa shape index (κ3) is 6.22. The number of H-pyrrole nitrogens is 1. The zero-order valence-corrected chi connectivity index (χ0v) is 22.6. The lowest BCUT2D eigenvalue weighted by atomic mass is 10.0. The van der Waals surface area contributed by atoms with E-state index < -0.39 is 21.5 Å². The highest BCUT2D eigenvalue weighted by Gasteiger charge is 2.29. The molecule has 1 atom stereocenters. The smallest absolute Gasteiger partial charge is 0.252 e. The number of fused-ring (bicyclic) bond motifs is 1. The van der Waals surface area contributed by atoms with Gasteiger partial charge in [-0.3, -0.25) is 9.59 Å². The number of hydrogen-bond donors (Lipinski definition) is 2. The fraction of sp³-hybridized carbons (Fsp3) is 0.429. The van der Waals surface area contributed by atoms with E-state index in [9.17, 15) is 18.0 Å². The number of aryl methyl sites for hydroxylation is 1. The van der Waals surface area contributed by atoms with Crippen LogP contribution in [0.1, 0.15) is 49.0 Å². The van der Waals surface area contributed by atoms with E-state index in [2.05, 4.69) is 54.2 Å². The van der Waals surface area contributed by atoms with E-state index in [-0.39, 0.29) is 10.5 Å². The average molecular weight is 525 g/mol. The van der Waals surface area contributed by atoms with Gasteiger partial charge in [-0.15, -0.1) is 0 Å². The highest BCUT2D eigenvalue weighted by atomic mass is 32.2. The Kier molecular flexibility index (Phi) is 8.34. The number of rotatable bonds is 9. The van der Waals surface area contributed by atoms with E-state index in [0.29, 0.717) is 36.5 Å². The van der Waals surface area contributed by atoms with Crippen LogP contribution in [0.25, 0.3) is 10.9 Å². The molecule has 1 fully saturated rings. The second kappa shape index (κ2) is 11.5. The van der Waals surface area contributed by atoms with Crippen molar-refractivity contribution in [2.45, 2.75) is 44.9 Å². The molecule has 2 heterocycles. The number of anilines is 1. The van der Waals surface area contributed by atoms with Gasteiger partial charge in [0.25, 0.3) is 5.91 Å². The Bertz CT molecular complexity index is 1430. The number of amides is 1. The predicted octanol–water partition coefficient (Wildman–Crippen LogP) is 3.90. The minimum atomic E-state index is -3.70. The molecular formula is C28H36N4O4S. The summed E-state index contributed by atoms with van der Waals surface area (Å²) in [4.78, 5) is 30.4. The molecule has 1 aliphatic rings. The topological polar surface area (TPSA) is 103 Å². The fourth-order valence-corrected chi connectivity index (χ4v) is 6.58. The van der Waals surface area contributed by atoms with Gasteiger partial charge in [-0.1, -0.05) is 19.1 Å². The van der Waals surface area contributed by atoms with Crippen LogP contribution in [0.5, 0.6) is 0 Å². The first-order valence-corrected chi connectivity index (χ1v) is 14.4. The van der Waals surface area contributed by atoms with Crippen molar-refractivity contribution in [2.75, 3.05) is 37.6 Å². The van der Waals surface area contributed by atoms with Crippen molar-refractivity contribution in [3.8, 4) is 0 Å². The molecule has 3 aromatic rings. The number of pyridine rings is 1. The molecule has 2 N–H and O–H groups in total. The number of nitrogens with zero attached hydrogens (tertiary/aromatic N) is 2. The minimum absolute atomic E-state index is 0.131. The van der Waals surface area contributed by atoms with E-state index in [1.165, 1.54) is 28.1 Å². The van der Waals surface area contributed by atoms with Crippen LogP contribution in [0, 0.1) is 12.8 Å². The summed E-state index contributed by atoms with van der Waals surface area (Å²) < 4.78 is 28.1. The first-order valence-electron chi connectivity index (χ1n) is 13.0. The second-order valence-corrected chi connectivity index (χ2v) is 11.8. The van der Waals surface area contributed by atoms with Gasteiger partial charge in [-0.25, -0.2) is 8.42 Å². The molecule has 2 aromatic carbocycles. The summed E-state index contributed by atoms with van der Waals surface area (Å²) in [5.74, 6) is -0.0907. The Labute approximate surface area is 218 Å². The van der Waals surface area contributed by atoms with Gasteiger partial charge in [0.1, 0.15) is 0 Å². The number of aromatic nitrogens is 1. The molecule has 0 unspecified atom stereocenters. The van der Waals surface area contributed by atoms with E-state index in [4.69, 9.17) is 0 Å². The highest BCUT2D eigenvalue weighted by molar-refractivity contribution is 7.89. The molecule has 1 aromatic heterocycles. The highest BCUT2D eigenvalue weighted by Crippen LogP contribution is 2.26. The Morgan fingerprint density at radius 2 is 2.00 bits per heavy atom. The molecule has 37 heavy (non-hydrogen) atoms. The maximum Gasteiger partial charge on any atom is 0.252 e.